The zero-order valence-corrected chi connectivity index (χ0v) is 23.3. The third-order valence-corrected chi connectivity index (χ3v) is 9.08. The summed E-state index contributed by atoms with van der Waals surface area (Å²) in [5.41, 5.74) is -0.915. The summed E-state index contributed by atoms with van der Waals surface area (Å²) in [5, 5.41) is 2.27. The first kappa shape index (κ1) is 30.0. The number of aryl methyl sites for hydroxylation is 1. The third kappa shape index (κ3) is 6.87. The van der Waals surface area contributed by atoms with Crippen LogP contribution in [0.25, 0.3) is 5.69 Å². The Morgan fingerprint density at radius 2 is 1.76 bits per heavy atom. The van der Waals surface area contributed by atoms with Crippen LogP contribution in [0.1, 0.15) is 58.9 Å². The van der Waals surface area contributed by atoms with E-state index in [0.29, 0.717) is 24.0 Å². The van der Waals surface area contributed by atoms with E-state index in [4.69, 9.17) is 4.74 Å². The van der Waals surface area contributed by atoms with Crippen molar-refractivity contribution in [1.82, 2.24) is 9.88 Å². The molecule has 1 aliphatic carbocycles. The van der Waals surface area contributed by atoms with Gasteiger partial charge in [0.1, 0.15) is 5.56 Å². The molecule has 0 unspecified atom stereocenters. The lowest BCUT2D eigenvalue weighted by Crippen LogP contribution is -2.34. The van der Waals surface area contributed by atoms with E-state index in [1.807, 2.05) is 0 Å². The van der Waals surface area contributed by atoms with Crippen LogP contribution < -0.4 is 10.9 Å². The van der Waals surface area contributed by atoms with Crippen molar-refractivity contribution in [3.8, 4) is 5.69 Å². The molecule has 0 radical (unpaired) electrons. The highest BCUT2D eigenvalue weighted by Gasteiger charge is 2.36. The maximum Gasteiger partial charge on any atom is 0.416 e. The molecule has 1 saturated carbocycles. The fourth-order valence-corrected chi connectivity index (χ4v) is 6.08. The minimum Gasteiger partial charge on any atom is -0.466 e. The van der Waals surface area contributed by atoms with Crippen molar-refractivity contribution in [2.45, 2.75) is 62.4 Å². The highest BCUT2D eigenvalue weighted by Crippen LogP contribution is 2.33. The molecule has 4 rings (SSSR count). The largest absolute Gasteiger partial charge is 0.466 e. The van der Waals surface area contributed by atoms with Gasteiger partial charge in [-0.3, -0.25) is 19.0 Å². The van der Waals surface area contributed by atoms with Crippen LogP contribution in [-0.2, 0) is 38.5 Å². The van der Waals surface area contributed by atoms with Crippen LogP contribution in [0.4, 0.5) is 13.2 Å². The molecule has 1 fully saturated rings. The first-order valence-electron chi connectivity index (χ1n) is 13.0. The topological polar surface area (TPSA) is 112 Å². The molecule has 0 aliphatic heterocycles. The molecule has 0 atom stereocenters. The van der Waals surface area contributed by atoms with E-state index in [0.717, 1.165) is 16.7 Å². The number of nitrogens with one attached hydrogen (secondary N) is 1. The minimum atomic E-state index is -4.65. The Bertz CT molecular complexity index is 1630. The van der Waals surface area contributed by atoms with Crippen LogP contribution in [-0.4, -0.2) is 36.7 Å². The molecule has 1 aromatic heterocycles. The number of hydrogen-bond acceptors (Lipinski definition) is 6. The Hall–Kier alpha value is -3.93. The zero-order valence-electron chi connectivity index (χ0n) is 22.5. The van der Waals surface area contributed by atoms with Gasteiger partial charge in [-0.1, -0.05) is 18.2 Å². The van der Waals surface area contributed by atoms with Gasteiger partial charge >= 0.3 is 12.1 Å². The molecule has 12 heteroatoms. The summed E-state index contributed by atoms with van der Waals surface area (Å²) in [5.74, 6) is -1.27. The van der Waals surface area contributed by atoms with Gasteiger partial charge in [0.2, 0.25) is 0 Å². The van der Waals surface area contributed by atoms with Crippen molar-refractivity contribution in [1.29, 1.82) is 0 Å². The summed E-state index contributed by atoms with van der Waals surface area (Å²) in [4.78, 5) is 38.8. The van der Waals surface area contributed by atoms with Crippen molar-refractivity contribution in [3.63, 3.8) is 0 Å². The number of sulfone groups is 1. The Balaban J connectivity index is 1.65. The Kier molecular flexibility index (Phi) is 8.71. The van der Waals surface area contributed by atoms with Crippen LogP contribution in [0.2, 0.25) is 0 Å². The SMILES string of the molecule is CCOC(=O)CCc1cc(C(=O)NCc2ccc(S(=O)(=O)C3CC3)cc2)c(=O)n(-c2cccc(C(F)(F)F)c2)c1C. The van der Waals surface area contributed by atoms with E-state index in [9.17, 15) is 36.0 Å². The average Bonchev–Trinajstić information content (AvgIpc) is 3.78. The number of carbonyl (C=O) groups excluding carboxylic acids is 2. The maximum atomic E-state index is 13.5. The number of rotatable bonds is 10. The summed E-state index contributed by atoms with van der Waals surface area (Å²) >= 11 is 0. The van der Waals surface area contributed by atoms with Gasteiger partial charge in [0.15, 0.2) is 9.84 Å². The number of aromatic nitrogens is 1. The molecule has 1 N–H and O–H groups in total. The highest BCUT2D eigenvalue weighted by molar-refractivity contribution is 7.92. The third-order valence-electron chi connectivity index (χ3n) is 6.80. The van der Waals surface area contributed by atoms with Gasteiger partial charge in [0, 0.05) is 24.3 Å². The summed E-state index contributed by atoms with van der Waals surface area (Å²) in [6, 6.07) is 11.6. The van der Waals surface area contributed by atoms with E-state index in [1.165, 1.54) is 37.3 Å². The first-order chi connectivity index (χ1) is 19.3. The fraction of sp³-hybridized carbons (Fsp3) is 0.345. The fourth-order valence-electron chi connectivity index (χ4n) is 4.42. The lowest BCUT2D eigenvalue weighted by atomic mass is 10.0. The summed E-state index contributed by atoms with van der Waals surface area (Å²) in [6.07, 6.45) is -3.36. The number of nitrogens with zero attached hydrogens (tertiary/aromatic N) is 1. The van der Waals surface area contributed by atoms with Gasteiger partial charge in [-0.25, -0.2) is 8.42 Å². The Morgan fingerprint density at radius 1 is 1.07 bits per heavy atom. The number of ether oxygens (including phenoxy) is 1. The molecule has 1 aliphatic rings. The molecular formula is C29H29F3N2O6S. The number of benzene rings is 2. The second-order valence-electron chi connectivity index (χ2n) is 9.73. The van der Waals surface area contributed by atoms with Crippen molar-refractivity contribution in [3.05, 3.63) is 92.9 Å². The van der Waals surface area contributed by atoms with Crippen LogP contribution in [0.5, 0.6) is 0 Å². The highest BCUT2D eigenvalue weighted by atomic mass is 32.2. The Labute approximate surface area is 235 Å². The van der Waals surface area contributed by atoms with Crippen LogP contribution in [0.3, 0.4) is 0 Å². The number of esters is 1. The number of amides is 1. The molecule has 1 heterocycles. The standard InChI is InChI=1S/C29H29F3N2O6S/c1-3-40-26(35)14-9-20-15-25(28(37)34(18(20)2)22-6-4-5-21(16-22)29(30,31)32)27(36)33-17-19-7-10-23(11-8-19)41(38,39)24-12-13-24/h4-8,10-11,15-16,24H,3,9,12-14,17H2,1-2H3,(H,33,36). The van der Waals surface area contributed by atoms with E-state index in [-0.39, 0.29) is 53.1 Å². The molecule has 0 saturated heterocycles. The summed E-state index contributed by atoms with van der Waals surface area (Å²) < 4.78 is 71.0. The predicted octanol–water partition coefficient (Wildman–Crippen LogP) is 4.53. The maximum absolute atomic E-state index is 13.5. The number of alkyl halides is 3. The van der Waals surface area contributed by atoms with Gasteiger partial charge in [-0.2, -0.15) is 13.2 Å². The monoisotopic (exact) mass is 590 g/mol. The lowest BCUT2D eigenvalue weighted by molar-refractivity contribution is -0.143. The summed E-state index contributed by atoms with van der Waals surface area (Å²) in [6.45, 7) is 3.32. The molecule has 1 amide bonds. The van der Waals surface area contributed by atoms with E-state index in [1.54, 1.807) is 19.1 Å². The second kappa shape index (κ2) is 11.9. The molecule has 41 heavy (non-hydrogen) atoms. The minimum absolute atomic E-state index is 0.0301. The molecule has 218 valence electrons. The van der Waals surface area contributed by atoms with Gasteiger partial charge < -0.3 is 10.1 Å². The number of hydrogen-bond donors (Lipinski definition) is 1. The second-order valence-corrected chi connectivity index (χ2v) is 12.0. The summed E-state index contributed by atoms with van der Waals surface area (Å²) in [7, 11) is -3.36. The van der Waals surface area contributed by atoms with E-state index >= 15 is 0 Å². The Morgan fingerprint density at radius 3 is 2.37 bits per heavy atom. The first-order valence-corrected chi connectivity index (χ1v) is 14.6. The van der Waals surface area contributed by atoms with E-state index < -0.39 is 39.0 Å². The number of carbonyl (C=O) groups is 2. The smallest absolute Gasteiger partial charge is 0.416 e. The van der Waals surface area contributed by atoms with Gasteiger partial charge in [0.25, 0.3) is 11.5 Å². The van der Waals surface area contributed by atoms with Crippen molar-refractivity contribution in [2.24, 2.45) is 0 Å². The van der Waals surface area contributed by atoms with Gasteiger partial charge in [-0.05, 0) is 80.6 Å². The average molecular weight is 591 g/mol. The van der Waals surface area contributed by atoms with Crippen LogP contribution >= 0.6 is 0 Å². The molecule has 3 aromatic rings. The van der Waals surface area contributed by atoms with Crippen molar-refractivity contribution in [2.75, 3.05) is 6.61 Å². The predicted molar refractivity (Wildman–Crippen MR) is 145 cm³/mol. The van der Waals surface area contributed by atoms with Gasteiger partial charge in [-0.15, -0.1) is 0 Å². The molecular weight excluding hydrogens is 561 g/mol. The number of pyridine rings is 1. The molecule has 8 nitrogen and oxygen atoms in total. The molecule has 0 spiro atoms. The molecule has 0 bridgehead atoms. The zero-order chi connectivity index (χ0) is 29.9. The van der Waals surface area contributed by atoms with Crippen LogP contribution in [0, 0.1) is 6.92 Å². The van der Waals surface area contributed by atoms with Crippen molar-refractivity contribution < 1.29 is 35.9 Å². The normalized spacial score (nSPS) is 13.6. The van der Waals surface area contributed by atoms with E-state index in [2.05, 4.69) is 5.32 Å². The quantitative estimate of drug-likeness (QED) is 0.348. The lowest BCUT2D eigenvalue weighted by Gasteiger charge is -2.18. The number of halogens is 3. The molecule has 2 aromatic carbocycles. The van der Waals surface area contributed by atoms with Crippen LogP contribution in [0.15, 0.2) is 64.3 Å². The van der Waals surface area contributed by atoms with Crippen molar-refractivity contribution >= 4 is 21.7 Å². The van der Waals surface area contributed by atoms with Gasteiger partial charge in [0.05, 0.1) is 22.3 Å².